The summed E-state index contributed by atoms with van der Waals surface area (Å²) in [4.78, 5) is 30.5. The summed E-state index contributed by atoms with van der Waals surface area (Å²) >= 11 is 0. The van der Waals surface area contributed by atoms with Crippen LogP contribution in [0.1, 0.15) is 28.5 Å². The highest BCUT2D eigenvalue weighted by Gasteiger charge is 2.26. The number of benzene rings is 2. The second-order valence-corrected chi connectivity index (χ2v) is 6.96. The molecule has 2 N–H and O–H groups in total. The minimum atomic E-state index is -0.600. The van der Waals surface area contributed by atoms with Crippen LogP contribution in [0.15, 0.2) is 42.5 Å². The fourth-order valence-electron chi connectivity index (χ4n) is 3.70. The lowest BCUT2D eigenvalue weighted by molar-refractivity contribution is -0.384. The minimum absolute atomic E-state index is 0.124. The Bertz CT molecular complexity index is 1130. The number of hydrogen-bond donors (Lipinski definition) is 2. The Labute approximate surface area is 166 Å². The smallest absolute Gasteiger partial charge is 0.273 e. The van der Waals surface area contributed by atoms with Gasteiger partial charge in [0.2, 0.25) is 0 Å². The van der Waals surface area contributed by atoms with Crippen molar-refractivity contribution in [3.05, 3.63) is 69.4 Å². The van der Waals surface area contributed by atoms with Crippen molar-refractivity contribution < 1.29 is 14.8 Å². The van der Waals surface area contributed by atoms with Gasteiger partial charge in [-0.15, -0.1) is 0 Å². The Morgan fingerprint density at radius 3 is 2.83 bits per heavy atom. The van der Waals surface area contributed by atoms with E-state index in [2.05, 4.69) is 17.1 Å². The molecule has 148 valence electrons. The van der Waals surface area contributed by atoms with Crippen molar-refractivity contribution in [2.45, 2.75) is 19.9 Å². The van der Waals surface area contributed by atoms with Gasteiger partial charge in [0.1, 0.15) is 5.75 Å². The Morgan fingerprint density at radius 1 is 1.31 bits per heavy atom. The quantitative estimate of drug-likeness (QED) is 0.400. The van der Waals surface area contributed by atoms with E-state index >= 15 is 0 Å². The van der Waals surface area contributed by atoms with E-state index in [1.54, 1.807) is 0 Å². The van der Waals surface area contributed by atoms with E-state index in [0.29, 0.717) is 12.1 Å². The summed E-state index contributed by atoms with van der Waals surface area (Å²) in [5, 5.41) is 24.4. The standard InChI is InChI=1S/C21H20N4O4/c1-2-24-10-9-17-15(12-24)20(14-5-3-4-6-16(14)22-17)21(27)23-18-8-7-13(25(28)29)11-19(18)26/h3-8,11,26H,2,9-10,12H2,1H3,(H,23,27). The summed E-state index contributed by atoms with van der Waals surface area (Å²) in [5.74, 6) is -0.725. The molecule has 2 aromatic carbocycles. The molecule has 4 rings (SSSR count). The van der Waals surface area contributed by atoms with Crippen LogP contribution < -0.4 is 5.32 Å². The van der Waals surface area contributed by atoms with Gasteiger partial charge in [-0.05, 0) is 18.7 Å². The number of nitrogens with one attached hydrogen (secondary N) is 1. The first kappa shape index (κ1) is 18.8. The SMILES string of the molecule is CCN1CCc2nc3ccccc3c(C(=O)Nc3ccc([N+](=O)[O-])cc3O)c2C1. The molecule has 0 saturated heterocycles. The van der Waals surface area contributed by atoms with Gasteiger partial charge < -0.3 is 10.4 Å². The first-order valence-electron chi connectivity index (χ1n) is 9.39. The maximum atomic E-state index is 13.3. The largest absolute Gasteiger partial charge is 0.506 e. The average Bonchev–Trinajstić information content (AvgIpc) is 2.72. The lowest BCUT2D eigenvalue weighted by Crippen LogP contribution is -2.33. The van der Waals surface area contributed by atoms with Crippen molar-refractivity contribution in [3.8, 4) is 5.75 Å². The zero-order chi connectivity index (χ0) is 20.5. The van der Waals surface area contributed by atoms with Crippen LogP contribution in [-0.2, 0) is 13.0 Å². The molecule has 0 unspecified atom stereocenters. The fraction of sp³-hybridized carbons (Fsp3) is 0.238. The Morgan fingerprint density at radius 2 is 2.10 bits per heavy atom. The number of nitrogens with zero attached hydrogens (tertiary/aromatic N) is 3. The number of amides is 1. The molecule has 1 aliphatic heterocycles. The maximum Gasteiger partial charge on any atom is 0.273 e. The minimum Gasteiger partial charge on any atom is -0.506 e. The Kier molecular flexibility index (Phi) is 4.85. The molecule has 0 saturated carbocycles. The summed E-state index contributed by atoms with van der Waals surface area (Å²) in [6.45, 7) is 4.46. The number of carbonyl (C=O) groups excluding carboxylic acids is 1. The van der Waals surface area contributed by atoms with Gasteiger partial charge in [-0.3, -0.25) is 24.8 Å². The van der Waals surface area contributed by atoms with Crippen LogP contribution in [0.4, 0.5) is 11.4 Å². The zero-order valence-electron chi connectivity index (χ0n) is 15.9. The fourth-order valence-corrected chi connectivity index (χ4v) is 3.70. The van der Waals surface area contributed by atoms with Gasteiger partial charge >= 0.3 is 0 Å². The van der Waals surface area contributed by atoms with Gasteiger partial charge in [-0.2, -0.15) is 0 Å². The molecule has 0 fully saturated rings. The number of carbonyl (C=O) groups is 1. The normalized spacial score (nSPS) is 13.8. The lowest BCUT2D eigenvalue weighted by Gasteiger charge is -2.29. The van der Waals surface area contributed by atoms with Gasteiger partial charge in [0.15, 0.2) is 0 Å². The summed E-state index contributed by atoms with van der Waals surface area (Å²) in [6, 6.07) is 11.1. The number of phenols is 1. The third-order valence-corrected chi connectivity index (χ3v) is 5.24. The highest BCUT2D eigenvalue weighted by Crippen LogP contribution is 2.31. The van der Waals surface area contributed by atoms with Crippen LogP contribution in [0.3, 0.4) is 0 Å². The maximum absolute atomic E-state index is 13.3. The summed E-state index contributed by atoms with van der Waals surface area (Å²) < 4.78 is 0. The van der Waals surface area contributed by atoms with Crippen LogP contribution in [0.25, 0.3) is 10.9 Å². The number of fused-ring (bicyclic) bond motifs is 2. The van der Waals surface area contributed by atoms with Crippen molar-refractivity contribution >= 4 is 28.2 Å². The van der Waals surface area contributed by atoms with Crippen molar-refractivity contribution in [1.29, 1.82) is 0 Å². The second-order valence-electron chi connectivity index (χ2n) is 6.96. The molecule has 1 amide bonds. The molecule has 0 bridgehead atoms. The van der Waals surface area contributed by atoms with Gasteiger partial charge in [-0.25, -0.2) is 0 Å². The number of aromatic nitrogens is 1. The predicted octanol–water partition coefficient (Wildman–Crippen LogP) is 3.48. The van der Waals surface area contributed by atoms with E-state index < -0.39 is 4.92 Å². The van der Waals surface area contributed by atoms with Crippen molar-refractivity contribution in [2.75, 3.05) is 18.4 Å². The van der Waals surface area contributed by atoms with Crippen LogP contribution >= 0.6 is 0 Å². The van der Waals surface area contributed by atoms with E-state index in [4.69, 9.17) is 4.98 Å². The molecule has 8 nitrogen and oxygen atoms in total. The predicted molar refractivity (Wildman–Crippen MR) is 109 cm³/mol. The summed E-state index contributed by atoms with van der Waals surface area (Å²) in [5.41, 5.74) is 2.95. The molecule has 2 heterocycles. The van der Waals surface area contributed by atoms with E-state index in [1.165, 1.54) is 12.1 Å². The van der Waals surface area contributed by atoms with Gasteiger partial charge in [0.05, 0.1) is 27.8 Å². The Hall–Kier alpha value is -3.52. The molecule has 0 spiro atoms. The summed E-state index contributed by atoms with van der Waals surface area (Å²) in [7, 11) is 0. The van der Waals surface area contributed by atoms with Crippen LogP contribution in [0.5, 0.6) is 5.75 Å². The molecule has 1 aliphatic rings. The van der Waals surface area contributed by atoms with Crippen LogP contribution in [-0.4, -0.2) is 38.9 Å². The van der Waals surface area contributed by atoms with Crippen LogP contribution in [0.2, 0.25) is 0 Å². The first-order valence-corrected chi connectivity index (χ1v) is 9.39. The van der Waals surface area contributed by atoms with Gasteiger partial charge in [-0.1, -0.05) is 25.1 Å². The van der Waals surface area contributed by atoms with Crippen molar-refractivity contribution in [3.63, 3.8) is 0 Å². The number of nitro groups is 1. The monoisotopic (exact) mass is 392 g/mol. The van der Waals surface area contributed by atoms with Crippen molar-refractivity contribution in [1.82, 2.24) is 9.88 Å². The molecular weight excluding hydrogens is 372 g/mol. The molecular formula is C21H20N4O4. The average molecular weight is 392 g/mol. The third-order valence-electron chi connectivity index (χ3n) is 5.24. The number of nitro benzene ring substituents is 1. The third kappa shape index (κ3) is 3.50. The highest BCUT2D eigenvalue weighted by molar-refractivity contribution is 6.14. The van der Waals surface area contributed by atoms with Gasteiger partial charge in [0.25, 0.3) is 11.6 Å². The lowest BCUT2D eigenvalue weighted by atomic mass is 9.95. The molecule has 0 aliphatic carbocycles. The number of anilines is 1. The second kappa shape index (κ2) is 7.48. The van der Waals surface area contributed by atoms with E-state index in [1.807, 2.05) is 24.3 Å². The molecule has 0 radical (unpaired) electrons. The number of phenolic OH excluding ortho intramolecular Hbond substituents is 1. The molecule has 1 aromatic heterocycles. The van der Waals surface area contributed by atoms with Gasteiger partial charge in [0, 0.05) is 42.2 Å². The number of hydrogen-bond acceptors (Lipinski definition) is 6. The first-order chi connectivity index (χ1) is 14.0. The highest BCUT2D eigenvalue weighted by atomic mass is 16.6. The zero-order valence-corrected chi connectivity index (χ0v) is 15.9. The molecule has 29 heavy (non-hydrogen) atoms. The van der Waals surface area contributed by atoms with E-state index in [0.717, 1.165) is 47.7 Å². The number of likely N-dealkylation sites (N-methyl/N-ethyl adjacent to an activating group) is 1. The summed E-state index contributed by atoms with van der Waals surface area (Å²) in [6.07, 6.45) is 0.761. The molecule has 3 aromatic rings. The molecule has 8 heteroatoms. The number of rotatable bonds is 4. The van der Waals surface area contributed by atoms with Crippen molar-refractivity contribution in [2.24, 2.45) is 0 Å². The number of para-hydroxylation sites is 1. The molecule has 0 atom stereocenters. The topological polar surface area (TPSA) is 109 Å². The van der Waals surface area contributed by atoms with Crippen LogP contribution in [0, 0.1) is 10.1 Å². The number of aromatic hydroxyl groups is 1. The van der Waals surface area contributed by atoms with E-state index in [-0.39, 0.29) is 23.0 Å². The van der Waals surface area contributed by atoms with E-state index in [9.17, 15) is 20.0 Å². The number of non-ortho nitro benzene ring substituents is 1. The number of pyridine rings is 1. The Balaban J connectivity index is 1.78.